The number of hydrogen-bond acceptors (Lipinski definition) is 15. The van der Waals surface area contributed by atoms with Crippen molar-refractivity contribution in [2.45, 2.75) is 40.1 Å². The third-order valence-corrected chi connectivity index (χ3v) is 10.8. The zero-order chi connectivity index (χ0) is 29.4. The molecule has 0 aromatic carbocycles. The van der Waals surface area contributed by atoms with Crippen molar-refractivity contribution in [1.29, 1.82) is 0 Å². The van der Waals surface area contributed by atoms with Gasteiger partial charge in [-0.15, -0.1) is 33.7 Å². The largest absolute Gasteiger partial charge is 0.477 e. The van der Waals surface area contributed by atoms with Gasteiger partial charge in [0.25, 0.3) is 5.22 Å². The summed E-state index contributed by atoms with van der Waals surface area (Å²) in [6.07, 6.45) is 1.39. The van der Waals surface area contributed by atoms with Crippen LogP contribution in [0, 0.1) is 6.92 Å². The lowest BCUT2D eigenvalue weighted by Gasteiger charge is -2.48. The number of aliphatic carboxylic acids is 2. The summed E-state index contributed by atoms with van der Waals surface area (Å²) in [5, 5.41) is 33.1. The monoisotopic (exact) mass is 641 g/mol. The number of hydrogen-bond donors (Lipinski definition) is 5. The number of carboxylic acid groups (broad SMARTS) is 2. The average Bonchev–Trinajstić information content (AvgIpc) is 3.64. The lowest BCUT2D eigenvalue weighted by atomic mass is 10.0. The number of rotatable bonds is 8. The number of carboxylic acids is 2. The van der Waals surface area contributed by atoms with E-state index < -0.39 is 24.0 Å². The first-order valence-electron chi connectivity index (χ1n) is 11.8. The van der Waals surface area contributed by atoms with E-state index in [-0.39, 0.29) is 34.0 Å². The zero-order valence-corrected chi connectivity index (χ0v) is 24.4. The van der Waals surface area contributed by atoms with Gasteiger partial charge in [-0.1, -0.05) is 23.5 Å². The second kappa shape index (κ2) is 12.1. The van der Waals surface area contributed by atoms with E-state index in [1.807, 2.05) is 0 Å². The van der Waals surface area contributed by atoms with Crippen LogP contribution >= 0.6 is 47.0 Å². The molecule has 2 fully saturated rings. The molecular weight excluding hydrogens is 619 g/mol. The third kappa shape index (κ3) is 5.71. The average molecular weight is 642 g/mol. The minimum atomic E-state index is -1.11. The maximum atomic E-state index is 11.8. The molecule has 2 aromatic rings. The first kappa shape index (κ1) is 29.5. The van der Waals surface area contributed by atoms with Gasteiger partial charge in [-0.2, -0.15) is 5.10 Å². The van der Waals surface area contributed by atoms with E-state index in [9.17, 15) is 29.4 Å². The molecule has 7 N–H and O–H groups in total. The maximum absolute atomic E-state index is 11.8. The van der Waals surface area contributed by atoms with Crippen LogP contribution in [0.4, 0.5) is 0 Å². The molecule has 16 nitrogen and oxygen atoms in total. The smallest absolute Gasteiger partial charge is 0.352 e. The lowest BCUT2D eigenvalue weighted by Crippen LogP contribution is -2.68. The SMILES string of the molecule is Cc1nnc(SCC2=C(C(=O)O)N3C(=O)C(N)[C@@H]3SC2)o1.NC1C(=O)N2C(C(=O)O)=C(CSc3ncn[nH]3)CS[C@@H]12. The van der Waals surface area contributed by atoms with Gasteiger partial charge >= 0.3 is 11.9 Å². The third-order valence-electron chi connectivity index (χ3n) is 6.24. The van der Waals surface area contributed by atoms with Crippen LogP contribution in [0.3, 0.4) is 0 Å². The predicted octanol–water partition coefficient (Wildman–Crippen LogP) is -0.471. The lowest BCUT2D eigenvalue weighted by molar-refractivity contribution is -0.147. The Labute approximate surface area is 248 Å². The molecule has 4 aliphatic heterocycles. The molecule has 0 saturated carbocycles. The van der Waals surface area contributed by atoms with Crippen molar-refractivity contribution in [2.75, 3.05) is 23.0 Å². The number of carbonyl (C=O) groups excluding carboxylic acids is 2. The Balaban J connectivity index is 0.000000165. The summed E-state index contributed by atoms with van der Waals surface area (Å²) in [4.78, 5) is 52.9. The highest BCUT2D eigenvalue weighted by Crippen LogP contribution is 2.41. The van der Waals surface area contributed by atoms with Crippen LogP contribution in [-0.2, 0) is 19.2 Å². The van der Waals surface area contributed by atoms with Gasteiger partial charge in [0.2, 0.25) is 17.7 Å². The van der Waals surface area contributed by atoms with Crippen molar-refractivity contribution < 1.29 is 33.8 Å². The summed E-state index contributed by atoms with van der Waals surface area (Å²) in [5.74, 6) is -0.553. The van der Waals surface area contributed by atoms with Crippen molar-refractivity contribution in [3.63, 3.8) is 0 Å². The molecule has 2 amide bonds. The molecule has 4 aliphatic rings. The Morgan fingerprint density at radius 1 is 1.00 bits per heavy atom. The number of carbonyl (C=O) groups is 4. The molecule has 0 bridgehead atoms. The highest BCUT2D eigenvalue weighted by atomic mass is 32.2. The summed E-state index contributed by atoms with van der Waals surface area (Å²) >= 11 is 5.57. The number of aromatic nitrogens is 5. The number of fused-ring (bicyclic) bond motifs is 2. The Morgan fingerprint density at radius 3 is 1.98 bits per heavy atom. The summed E-state index contributed by atoms with van der Waals surface area (Å²) in [5.41, 5.74) is 12.8. The number of aromatic amines is 1. The second-order valence-corrected chi connectivity index (χ2v) is 12.9. The first-order chi connectivity index (χ1) is 19.6. The highest BCUT2D eigenvalue weighted by molar-refractivity contribution is 8.01. The fourth-order valence-corrected chi connectivity index (χ4v) is 8.73. The van der Waals surface area contributed by atoms with E-state index in [4.69, 9.17) is 15.9 Å². The second-order valence-electron chi connectivity index (χ2n) is 8.84. The van der Waals surface area contributed by atoms with E-state index in [1.165, 1.54) is 63.2 Å². The fourth-order valence-electron chi connectivity index (χ4n) is 4.29. The minimum absolute atomic E-state index is 0.0363. The number of nitrogens with zero attached hydrogens (tertiary/aromatic N) is 6. The van der Waals surface area contributed by atoms with E-state index in [0.29, 0.717) is 50.4 Å². The van der Waals surface area contributed by atoms with Crippen molar-refractivity contribution in [2.24, 2.45) is 11.5 Å². The molecule has 0 spiro atoms. The molecular formula is C21H23N9O7S4. The van der Waals surface area contributed by atoms with Crippen LogP contribution in [0.2, 0.25) is 0 Å². The molecule has 6 heterocycles. The van der Waals surface area contributed by atoms with Gasteiger partial charge in [0.1, 0.15) is 40.6 Å². The first-order valence-corrected chi connectivity index (χ1v) is 15.9. The van der Waals surface area contributed by atoms with E-state index >= 15 is 0 Å². The number of β-lactam (4-membered cyclic amide) rings is 2. The van der Waals surface area contributed by atoms with E-state index in [1.54, 1.807) is 6.92 Å². The summed E-state index contributed by atoms with van der Waals surface area (Å²) < 4.78 is 5.23. The van der Waals surface area contributed by atoms with Crippen LogP contribution in [0.5, 0.6) is 0 Å². The van der Waals surface area contributed by atoms with Crippen molar-refractivity contribution >= 4 is 70.8 Å². The Bertz CT molecular complexity index is 1450. The predicted molar refractivity (Wildman–Crippen MR) is 148 cm³/mol. The van der Waals surface area contributed by atoms with E-state index in [2.05, 4.69) is 25.4 Å². The molecule has 218 valence electrons. The van der Waals surface area contributed by atoms with Gasteiger partial charge in [-0.3, -0.25) is 24.5 Å². The standard InChI is InChI=1S/C11H12N4O4S2.C10H11N5O3S2/c1-4-13-14-11(19-4)21-3-5-2-20-9-6(12)8(16)15(9)7(5)10(17)18;11-5-7(16)15-6(9(17)18)4(1-19-8(5)15)2-20-10-12-3-13-14-10/h6,9H,2-3,12H2,1H3,(H,17,18);3,5,8H,1-2,11H2,(H,17,18)(H,12,13,14)/t6?,9-;5?,8-/m00/s1. The van der Waals surface area contributed by atoms with Gasteiger partial charge in [0, 0.05) is 29.9 Å². The Hall–Kier alpha value is -3.04. The maximum Gasteiger partial charge on any atom is 0.352 e. The van der Waals surface area contributed by atoms with Crippen LogP contribution in [-0.4, -0.2) is 115 Å². The van der Waals surface area contributed by atoms with Gasteiger partial charge in [-0.05, 0) is 11.1 Å². The van der Waals surface area contributed by atoms with Gasteiger partial charge in [0.15, 0.2) is 5.16 Å². The number of aryl methyl sites for hydroxylation is 1. The normalized spacial score (nSPS) is 25.1. The number of nitrogens with one attached hydrogen (secondary N) is 1. The topological polar surface area (TPSA) is 248 Å². The van der Waals surface area contributed by atoms with Gasteiger partial charge < -0.3 is 26.1 Å². The molecule has 41 heavy (non-hydrogen) atoms. The number of amides is 2. The van der Waals surface area contributed by atoms with Crippen LogP contribution in [0.1, 0.15) is 5.89 Å². The summed E-state index contributed by atoms with van der Waals surface area (Å²) in [6.45, 7) is 1.68. The summed E-state index contributed by atoms with van der Waals surface area (Å²) in [6, 6.07) is -1.21. The number of thioether (sulfide) groups is 4. The van der Waals surface area contributed by atoms with Crippen molar-refractivity contribution in [3.8, 4) is 0 Å². The molecule has 2 saturated heterocycles. The van der Waals surface area contributed by atoms with Crippen molar-refractivity contribution in [1.82, 2.24) is 35.2 Å². The number of nitrogens with two attached hydrogens (primary N) is 2. The molecule has 4 atom stereocenters. The zero-order valence-electron chi connectivity index (χ0n) is 21.1. The Morgan fingerprint density at radius 2 is 1.54 bits per heavy atom. The highest BCUT2D eigenvalue weighted by Gasteiger charge is 2.52. The molecule has 6 rings (SSSR count). The van der Waals surface area contributed by atoms with Gasteiger partial charge in [-0.25, -0.2) is 14.6 Å². The van der Waals surface area contributed by atoms with Crippen LogP contribution in [0.15, 0.2) is 43.7 Å². The van der Waals surface area contributed by atoms with E-state index in [0.717, 1.165) is 0 Å². The molecule has 2 unspecified atom stereocenters. The summed E-state index contributed by atoms with van der Waals surface area (Å²) in [7, 11) is 0. The van der Waals surface area contributed by atoms with Gasteiger partial charge in [0.05, 0.1) is 0 Å². The molecule has 0 aliphatic carbocycles. The number of H-pyrrole nitrogens is 1. The molecule has 2 aromatic heterocycles. The fraction of sp³-hybridized carbons (Fsp3) is 0.429. The van der Waals surface area contributed by atoms with Crippen LogP contribution in [0.25, 0.3) is 0 Å². The molecule has 20 heteroatoms. The van der Waals surface area contributed by atoms with Crippen molar-refractivity contribution in [3.05, 3.63) is 34.8 Å². The molecule has 0 radical (unpaired) electrons. The van der Waals surface area contributed by atoms with Crippen LogP contribution < -0.4 is 11.5 Å². The Kier molecular flexibility index (Phi) is 8.66. The minimum Gasteiger partial charge on any atom is -0.477 e. The quantitative estimate of drug-likeness (QED) is 0.180.